The minimum absolute atomic E-state index is 0.244. The number of sulfonamides is 1. The van der Waals surface area contributed by atoms with Gasteiger partial charge in [0.15, 0.2) is 0 Å². The summed E-state index contributed by atoms with van der Waals surface area (Å²) in [4.78, 5) is 0. The maximum absolute atomic E-state index is 11.9. The van der Waals surface area contributed by atoms with Gasteiger partial charge in [0, 0.05) is 19.6 Å². The number of ether oxygens (including phenoxy) is 1. The average Bonchev–Trinajstić information content (AvgIpc) is 2.27. The Morgan fingerprint density at radius 2 is 1.75 bits per heavy atom. The highest BCUT2D eigenvalue weighted by Gasteiger charge is 2.30. The summed E-state index contributed by atoms with van der Waals surface area (Å²) in [7, 11) is -3.21. The van der Waals surface area contributed by atoms with Crippen LogP contribution in [-0.4, -0.2) is 34.1 Å². The van der Waals surface area contributed by atoms with E-state index >= 15 is 0 Å². The van der Waals surface area contributed by atoms with Crippen LogP contribution < -0.4 is 14.8 Å². The predicted octanol–water partition coefficient (Wildman–Crippen LogP) is 1.22. The fourth-order valence-electron chi connectivity index (χ4n) is 1.37. The van der Waals surface area contributed by atoms with E-state index in [4.69, 9.17) is 0 Å². The molecule has 0 amide bonds. The van der Waals surface area contributed by atoms with Crippen molar-refractivity contribution in [3.8, 4) is 5.75 Å². The molecule has 0 unspecified atom stereocenters. The molecule has 0 spiro atoms. The predicted molar refractivity (Wildman–Crippen MR) is 67.7 cm³/mol. The lowest BCUT2D eigenvalue weighted by Crippen LogP contribution is -2.30. The third-order valence-corrected chi connectivity index (χ3v) is 2.88. The Kier molecular flexibility index (Phi) is 5.78. The smallest absolute Gasteiger partial charge is 0.406 e. The fraction of sp³-hybridized carbons (Fsp3) is 0.455. The van der Waals surface area contributed by atoms with Crippen molar-refractivity contribution < 1.29 is 26.3 Å². The third kappa shape index (κ3) is 7.97. The number of benzene rings is 1. The Hall–Kier alpha value is -1.32. The van der Waals surface area contributed by atoms with Gasteiger partial charge in [0.25, 0.3) is 0 Å². The maximum Gasteiger partial charge on any atom is 0.573 e. The van der Waals surface area contributed by atoms with E-state index < -0.39 is 16.4 Å². The number of alkyl halides is 3. The van der Waals surface area contributed by atoms with Gasteiger partial charge in [0.1, 0.15) is 5.75 Å². The number of hydrogen-bond donors (Lipinski definition) is 2. The molecule has 20 heavy (non-hydrogen) atoms. The first-order valence-corrected chi connectivity index (χ1v) is 7.55. The van der Waals surface area contributed by atoms with Crippen molar-refractivity contribution in [1.29, 1.82) is 0 Å². The van der Waals surface area contributed by atoms with Crippen molar-refractivity contribution in [1.82, 2.24) is 10.0 Å². The molecule has 1 aromatic carbocycles. The molecule has 0 radical (unpaired) electrons. The topological polar surface area (TPSA) is 67.4 Å². The Morgan fingerprint density at radius 1 is 1.15 bits per heavy atom. The number of hydrogen-bond acceptors (Lipinski definition) is 4. The molecule has 2 N–H and O–H groups in total. The van der Waals surface area contributed by atoms with Crippen LogP contribution in [0.1, 0.15) is 5.56 Å². The van der Waals surface area contributed by atoms with Crippen molar-refractivity contribution >= 4 is 10.0 Å². The van der Waals surface area contributed by atoms with E-state index in [0.717, 1.165) is 11.8 Å². The number of rotatable bonds is 7. The Bertz CT molecular complexity index is 515. The summed E-state index contributed by atoms with van der Waals surface area (Å²) in [6, 6.07) is 5.44. The van der Waals surface area contributed by atoms with E-state index in [2.05, 4.69) is 14.8 Å². The van der Waals surface area contributed by atoms with Crippen molar-refractivity contribution in [2.24, 2.45) is 0 Å². The molecule has 9 heteroatoms. The van der Waals surface area contributed by atoms with Crippen LogP contribution in [0.5, 0.6) is 5.75 Å². The lowest BCUT2D eigenvalue weighted by molar-refractivity contribution is -0.274. The summed E-state index contributed by atoms with van der Waals surface area (Å²) in [6.45, 7) is 1.07. The SMILES string of the molecule is CS(=O)(=O)NCCNCc1ccc(OC(F)(F)F)cc1. The first-order valence-electron chi connectivity index (χ1n) is 5.66. The molecule has 1 rings (SSSR count). The van der Waals surface area contributed by atoms with Crippen LogP contribution in [0.2, 0.25) is 0 Å². The standard InChI is InChI=1S/C11H15F3N2O3S/c1-20(17,18)16-7-6-15-8-9-2-4-10(5-3-9)19-11(12,13)14/h2-5,15-16H,6-8H2,1H3. The lowest BCUT2D eigenvalue weighted by Gasteiger charge is -2.09. The molecule has 0 aliphatic carbocycles. The summed E-state index contributed by atoms with van der Waals surface area (Å²) in [5.74, 6) is -0.278. The molecule has 0 fully saturated rings. The van der Waals surface area contributed by atoms with Crippen LogP contribution in [0.3, 0.4) is 0 Å². The van der Waals surface area contributed by atoms with Crippen LogP contribution in [0.15, 0.2) is 24.3 Å². The molecule has 0 saturated heterocycles. The van der Waals surface area contributed by atoms with Gasteiger partial charge in [-0.15, -0.1) is 13.2 Å². The van der Waals surface area contributed by atoms with E-state index in [9.17, 15) is 21.6 Å². The highest BCUT2D eigenvalue weighted by molar-refractivity contribution is 7.88. The highest BCUT2D eigenvalue weighted by atomic mass is 32.2. The fourth-order valence-corrected chi connectivity index (χ4v) is 1.84. The maximum atomic E-state index is 11.9. The molecule has 0 aromatic heterocycles. The molecular formula is C11H15F3N2O3S. The van der Waals surface area contributed by atoms with Gasteiger partial charge in [0.2, 0.25) is 10.0 Å². The first kappa shape index (κ1) is 16.7. The molecule has 0 saturated carbocycles. The van der Waals surface area contributed by atoms with Crippen LogP contribution in [0, 0.1) is 0 Å². The average molecular weight is 312 g/mol. The second kappa shape index (κ2) is 6.91. The summed E-state index contributed by atoms with van der Waals surface area (Å²) in [5.41, 5.74) is 0.763. The molecule has 0 atom stereocenters. The largest absolute Gasteiger partial charge is 0.573 e. The van der Waals surface area contributed by atoms with Crippen molar-refractivity contribution in [2.45, 2.75) is 12.9 Å². The first-order chi connectivity index (χ1) is 9.16. The second-order valence-electron chi connectivity index (χ2n) is 4.04. The van der Waals surface area contributed by atoms with Crippen molar-refractivity contribution in [2.75, 3.05) is 19.3 Å². The molecule has 1 aromatic rings. The molecular weight excluding hydrogens is 297 g/mol. The van der Waals surface area contributed by atoms with Crippen LogP contribution in [0.25, 0.3) is 0 Å². The van der Waals surface area contributed by atoms with Gasteiger partial charge in [-0.2, -0.15) is 0 Å². The van der Waals surface area contributed by atoms with E-state index in [1.54, 1.807) is 0 Å². The summed E-state index contributed by atoms with van der Waals surface area (Å²) in [6.07, 6.45) is -3.64. The number of halogens is 3. The van der Waals surface area contributed by atoms with Gasteiger partial charge in [-0.1, -0.05) is 12.1 Å². The van der Waals surface area contributed by atoms with E-state index in [1.165, 1.54) is 24.3 Å². The van der Waals surface area contributed by atoms with Gasteiger partial charge in [-0.05, 0) is 17.7 Å². The normalized spacial score (nSPS) is 12.4. The van der Waals surface area contributed by atoms with Gasteiger partial charge in [-0.25, -0.2) is 13.1 Å². The highest BCUT2D eigenvalue weighted by Crippen LogP contribution is 2.22. The van der Waals surface area contributed by atoms with Crippen LogP contribution in [0.4, 0.5) is 13.2 Å². The Labute approximate surface area is 115 Å². The third-order valence-electron chi connectivity index (χ3n) is 2.15. The van der Waals surface area contributed by atoms with Crippen LogP contribution >= 0.6 is 0 Å². The minimum atomic E-state index is -4.70. The van der Waals surface area contributed by atoms with E-state index in [0.29, 0.717) is 13.1 Å². The molecule has 5 nitrogen and oxygen atoms in total. The summed E-state index contributed by atoms with van der Waals surface area (Å²) in [5, 5.41) is 2.95. The van der Waals surface area contributed by atoms with Crippen LogP contribution in [-0.2, 0) is 16.6 Å². The second-order valence-corrected chi connectivity index (χ2v) is 5.87. The van der Waals surface area contributed by atoms with E-state index in [1.807, 2.05) is 0 Å². The Balaban J connectivity index is 2.32. The zero-order chi connectivity index (χ0) is 15.2. The summed E-state index contributed by atoms with van der Waals surface area (Å²) < 4.78 is 63.4. The summed E-state index contributed by atoms with van der Waals surface area (Å²) >= 11 is 0. The molecule has 0 bridgehead atoms. The monoisotopic (exact) mass is 312 g/mol. The molecule has 0 aliphatic rings. The zero-order valence-electron chi connectivity index (χ0n) is 10.7. The van der Waals surface area contributed by atoms with Gasteiger partial charge < -0.3 is 10.1 Å². The van der Waals surface area contributed by atoms with Gasteiger partial charge in [-0.3, -0.25) is 0 Å². The van der Waals surface area contributed by atoms with Crippen molar-refractivity contribution in [3.05, 3.63) is 29.8 Å². The molecule has 0 heterocycles. The number of nitrogens with one attached hydrogen (secondary N) is 2. The van der Waals surface area contributed by atoms with Gasteiger partial charge in [0.05, 0.1) is 6.26 Å². The van der Waals surface area contributed by atoms with E-state index in [-0.39, 0.29) is 12.3 Å². The minimum Gasteiger partial charge on any atom is -0.406 e. The van der Waals surface area contributed by atoms with Gasteiger partial charge >= 0.3 is 6.36 Å². The van der Waals surface area contributed by atoms with Crippen molar-refractivity contribution in [3.63, 3.8) is 0 Å². The molecule has 114 valence electrons. The zero-order valence-corrected chi connectivity index (χ0v) is 11.5. The Morgan fingerprint density at radius 3 is 2.25 bits per heavy atom. The quantitative estimate of drug-likeness (QED) is 0.743. The lowest BCUT2D eigenvalue weighted by atomic mass is 10.2. The molecule has 0 aliphatic heterocycles.